The van der Waals surface area contributed by atoms with Gasteiger partial charge in [0.1, 0.15) is 6.17 Å². The topological polar surface area (TPSA) is 66.4 Å². The summed E-state index contributed by atoms with van der Waals surface area (Å²) in [4.78, 5) is 27.0. The van der Waals surface area contributed by atoms with Crippen molar-refractivity contribution < 1.29 is 4.79 Å². The molecule has 170 valence electrons. The second-order valence-electron chi connectivity index (χ2n) is 7.98. The van der Waals surface area contributed by atoms with Gasteiger partial charge in [0.2, 0.25) is 3.79 Å². The van der Waals surface area contributed by atoms with Crippen LogP contribution in [0.1, 0.15) is 28.4 Å². The Morgan fingerprint density at radius 3 is 2.56 bits per heavy atom. The molecule has 1 saturated heterocycles. The Bertz CT molecular complexity index is 1110. The number of likely N-dealkylation sites (tertiary alicyclic amines) is 1. The van der Waals surface area contributed by atoms with Crippen molar-refractivity contribution in [2.24, 2.45) is 5.92 Å². The molecule has 32 heavy (non-hydrogen) atoms. The van der Waals surface area contributed by atoms with Crippen LogP contribution in [0, 0.1) is 5.92 Å². The molecule has 1 aromatic heterocycles. The van der Waals surface area contributed by atoms with Gasteiger partial charge < -0.3 is 20.1 Å². The molecule has 0 spiro atoms. The fourth-order valence-corrected chi connectivity index (χ4v) is 5.39. The van der Waals surface area contributed by atoms with Crippen LogP contribution in [0.4, 0.5) is 0 Å². The van der Waals surface area contributed by atoms with Crippen molar-refractivity contribution in [3.63, 3.8) is 0 Å². The van der Waals surface area contributed by atoms with Gasteiger partial charge in [0, 0.05) is 41.8 Å². The number of amides is 1. The van der Waals surface area contributed by atoms with Gasteiger partial charge in [0.25, 0.3) is 11.5 Å². The summed E-state index contributed by atoms with van der Waals surface area (Å²) in [5.74, 6) is 0.0484. The summed E-state index contributed by atoms with van der Waals surface area (Å²) in [7, 11) is 0. The molecule has 2 aliphatic rings. The predicted molar refractivity (Wildman–Crippen MR) is 135 cm³/mol. The molecule has 3 atom stereocenters. The standard InChI is InChI=1S/C21H20BrCl3N4O2S/c22-15-5-2-1-4-14(15)18(31)26-19(21(23,24)25)27-20(32)28-9-12-8-13(11-28)16-6-3-7-17(30)29(16)10-12/h1-7,12-13,19H,8-11H2,(H,26,31)(H,27,32)/t12-,13+,19+/m0/s1. The van der Waals surface area contributed by atoms with E-state index in [1.165, 1.54) is 0 Å². The van der Waals surface area contributed by atoms with Gasteiger partial charge in [-0.15, -0.1) is 0 Å². The van der Waals surface area contributed by atoms with E-state index in [4.69, 9.17) is 47.0 Å². The van der Waals surface area contributed by atoms with Crippen molar-refractivity contribution in [2.45, 2.75) is 28.8 Å². The van der Waals surface area contributed by atoms with Crippen molar-refractivity contribution in [3.05, 3.63) is 68.5 Å². The molecule has 2 aliphatic heterocycles. The van der Waals surface area contributed by atoms with Crippen LogP contribution in [0.25, 0.3) is 0 Å². The van der Waals surface area contributed by atoms with Crippen molar-refractivity contribution in [1.82, 2.24) is 20.1 Å². The fourth-order valence-electron chi connectivity index (χ4n) is 4.33. The monoisotopic (exact) mass is 576 g/mol. The summed E-state index contributed by atoms with van der Waals surface area (Å²) in [6, 6.07) is 12.3. The minimum Gasteiger partial charge on any atom is -0.348 e. The highest BCUT2D eigenvalue weighted by Gasteiger charge is 2.39. The first-order valence-corrected chi connectivity index (χ1v) is 12.3. The first-order valence-electron chi connectivity index (χ1n) is 10.0. The highest BCUT2D eigenvalue weighted by molar-refractivity contribution is 9.10. The van der Waals surface area contributed by atoms with E-state index in [9.17, 15) is 9.59 Å². The maximum atomic E-state index is 12.8. The first kappa shape index (κ1) is 23.8. The van der Waals surface area contributed by atoms with Crippen LogP contribution >= 0.6 is 63.0 Å². The van der Waals surface area contributed by atoms with E-state index in [0.29, 0.717) is 34.8 Å². The molecule has 0 radical (unpaired) electrons. The number of alkyl halides is 3. The summed E-state index contributed by atoms with van der Waals surface area (Å²) >= 11 is 27.5. The van der Waals surface area contributed by atoms with E-state index in [2.05, 4.69) is 26.6 Å². The van der Waals surface area contributed by atoms with Crippen molar-refractivity contribution in [3.8, 4) is 0 Å². The number of rotatable bonds is 3. The van der Waals surface area contributed by atoms with E-state index < -0.39 is 15.9 Å². The van der Waals surface area contributed by atoms with Crippen LogP contribution in [0.2, 0.25) is 0 Å². The third-order valence-electron chi connectivity index (χ3n) is 5.76. The highest BCUT2D eigenvalue weighted by atomic mass is 79.9. The number of carbonyl (C=O) groups excluding carboxylic acids is 1. The van der Waals surface area contributed by atoms with E-state index in [0.717, 1.165) is 12.1 Å². The minimum absolute atomic E-state index is 0.0254. The summed E-state index contributed by atoms with van der Waals surface area (Å²) in [5.41, 5.74) is 1.45. The lowest BCUT2D eigenvalue weighted by atomic mass is 9.83. The third kappa shape index (κ3) is 5.09. The largest absolute Gasteiger partial charge is 0.348 e. The molecule has 11 heteroatoms. The number of pyridine rings is 1. The zero-order valence-electron chi connectivity index (χ0n) is 16.7. The molecule has 0 aliphatic carbocycles. The molecule has 1 aromatic carbocycles. The average molecular weight is 579 g/mol. The summed E-state index contributed by atoms with van der Waals surface area (Å²) in [5, 5.41) is 6.12. The van der Waals surface area contributed by atoms with Gasteiger partial charge in [-0.1, -0.05) is 53.0 Å². The Kier molecular flexibility index (Phi) is 7.08. The van der Waals surface area contributed by atoms with Gasteiger partial charge in [-0.25, -0.2) is 0 Å². The predicted octanol–water partition coefficient (Wildman–Crippen LogP) is 4.03. The first-order chi connectivity index (χ1) is 15.1. The maximum absolute atomic E-state index is 12.8. The number of hydrogen-bond acceptors (Lipinski definition) is 3. The minimum atomic E-state index is -1.84. The van der Waals surface area contributed by atoms with Gasteiger partial charge in [-0.3, -0.25) is 9.59 Å². The molecule has 3 heterocycles. The molecule has 2 bridgehead atoms. The quantitative estimate of drug-likeness (QED) is 0.327. The SMILES string of the molecule is O=C(N[C@H](NC(=S)N1C[C@@H]2C[C@H](C1)c1cccc(=O)n1C2)C(Cl)(Cl)Cl)c1ccccc1Br. The van der Waals surface area contributed by atoms with Gasteiger partial charge >= 0.3 is 0 Å². The lowest BCUT2D eigenvalue weighted by Gasteiger charge is -2.44. The molecule has 1 fully saturated rings. The Morgan fingerprint density at radius 1 is 1.09 bits per heavy atom. The highest BCUT2D eigenvalue weighted by Crippen LogP contribution is 2.35. The lowest BCUT2D eigenvalue weighted by molar-refractivity contribution is 0.0932. The van der Waals surface area contributed by atoms with E-state index in [1.54, 1.807) is 36.4 Å². The molecular formula is C21H20BrCl3N4O2S. The Morgan fingerprint density at radius 2 is 1.84 bits per heavy atom. The second kappa shape index (κ2) is 9.50. The van der Waals surface area contributed by atoms with E-state index >= 15 is 0 Å². The number of fused-ring (bicyclic) bond motifs is 4. The van der Waals surface area contributed by atoms with E-state index in [1.807, 2.05) is 15.5 Å². The van der Waals surface area contributed by atoms with Crippen LogP contribution in [-0.2, 0) is 6.54 Å². The average Bonchev–Trinajstić information content (AvgIpc) is 2.73. The number of aromatic nitrogens is 1. The van der Waals surface area contributed by atoms with Gasteiger partial charge in [-0.2, -0.15) is 0 Å². The molecule has 0 unspecified atom stereocenters. The molecular weight excluding hydrogens is 559 g/mol. The van der Waals surface area contributed by atoms with Crippen LogP contribution < -0.4 is 16.2 Å². The molecule has 2 aromatic rings. The number of thiocarbonyl (C=S) groups is 1. The summed E-state index contributed by atoms with van der Waals surface area (Å²) in [6.45, 7) is 1.96. The summed E-state index contributed by atoms with van der Waals surface area (Å²) < 4.78 is 0.641. The Labute approximate surface area is 214 Å². The lowest BCUT2D eigenvalue weighted by Crippen LogP contribution is -2.60. The second-order valence-corrected chi connectivity index (χ2v) is 11.6. The number of hydrogen-bond donors (Lipinski definition) is 2. The van der Waals surface area contributed by atoms with Gasteiger partial charge in [0.15, 0.2) is 5.11 Å². The number of nitrogens with one attached hydrogen (secondary N) is 2. The van der Waals surface area contributed by atoms with Gasteiger partial charge in [-0.05, 0) is 58.7 Å². The molecule has 4 rings (SSSR count). The molecule has 2 N–H and O–H groups in total. The van der Waals surface area contributed by atoms with Crippen LogP contribution in [0.5, 0.6) is 0 Å². The number of piperidine rings is 1. The summed E-state index contributed by atoms with van der Waals surface area (Å²) in [6.07, 6.45) is -0.0499. The normalized spacial score (nSPS) is 20.8. The van der Waals surface area contributed by atoms with Gasteiger partial charge in [0.05, 0.1) is 5.56 Å². The number of halogens is 4. The molecule has 0 saturated carbocycles. The Hall–Kier alpha value is -1.32. The number of nitrogens with zero attached hydrogens (tertiary/aromatic N) is 2. The number of carbonyl (C=O) groups is 1. The smallest absolute Gasteiger partial charge is 0.254 e. The van der Waals surface area contributed by atoms with Crippen LogP contribution in [0.3, 0.4) is 0 Å². The fraction of sp³-hybridized carbons (Fsp3) is 0.381. The molecule has 6 nitrogen and oxygen atoms in total. The van der Waals surface area contributed by atoms with Crippen molar-refractivity contribution in [1.29, 1.82) is 0 Å². The zero-order chi connectivity index (χ0) is 23.0. The molecule has 1 amide bonds. The van der Waals surface area contributed by atoms with E-state index in [-0.39, 0.29) is 17.4 Å². The van der Waals surface area contributed by atoms with Crippen LogP contribution in [0.15, 0.2) is 51.7 Å². The number of benzene rings is 1. The Balaban J connectivity index is 1.48. The zero-order valence-corrected chi connectivity index (χ0v) is 21.4. The maximum Gasteiger partial charge on any atom is 0.254 e. The third-order valence-corrected chi connectivity index (χ3v) is 7.48. The van der Waals surface area contributed by atoms with Crippen molar-refractivity contribution >= 4 is 74.0 Å². The van der Waals surface area contributed by atoms with Crippen molar-refractivity contribution in [2.75, 3.05) is 13.1 Å². The van der Waals surface area contributed by atoms with Crippen LogP contribution in [-0.4, -0.2) is 43.5 Å².